The smallest absolute Gasteiger partial charge is 0.326 e. The molecule has 0 aliphatic carbocycles. The Morgan fingerprint density at radius 2 is 1.89 bits per heavy atom. The summed E-state index contributed by atoms with van der Waals surface area (Å²) >= 11 is 0. The monoisotopic (exact) mass is 249 g/mol. The number of hydrogen-bond acceptors (Lipinski definition) is 3. The van der Waals surface area contributed by atoms with Gasteiger partial charge in [-0.3, -0.25) is 4.79 Å². The molecule has 0 spiro atoms. The van der Waals surface area contributed by atoms with E-state index in [-0.39, 0.29) is 18.9 Å². The Balaban J connectivity index is 2.22. The van der Waals surface area contributed by atoms with Gasteiger partial charge in [0, 0.05) is 18.5 Å². The van der Waals surface area contributed by atoms with Crippen LogP contribution in [0, 0.1) is 6.92 Å². The van der Waals surface area contributed by atoms with Crippen molar-refractivity contribution >= 4 is 11.9 Å². The van der Waals surface area contributed by atoms with Gasteiger partial charge < -0.3 is 15.1 Å². The standard InChI is InChI=1S/C13H15NO4/c1-8-2-4-9(5-3-8)12(16)14-7-10(15)6-11(14)13(17)18/h2-5,10-11,15H,6-7H2,1H3,(H,17,18). The molecule has 1 aliphatic rings. The fraction of sp³-hybridized carbons (Fsp3) is 0.385. The topological polar surface area (TPSA) is 77.8 Å². The minimum Gasteiger partial charge on any atom is -0.480 e. The predicted octanol–water partition coefficient (Wildman–Crippen LogP) is 0.655. The van der Waals surface area contributed by atoms with Crippen LogP contribution >= 0.6 is 0 Å². The number of aliphatic carboxylic acids is 1. The van der Waals surface area contributed by atoms with Crippen molar-refractivity contribution in [3.8, 4) is 0 Å². The molecule has 1 aliphatic heterocycles. The highest BCUT2D eigenvalue weighted by atomic mass is 16.4. The molecule has 0 saturated carbocycles. The van der Waals surface area contributed by atoms with Gasteiger partial charge >= 0.3 is 5.97 Å². The molecule has 1 heterocycles. The van der Waals surface area contributed by atoms with E-state index in [0.29, 0.717) is 5.56 Å². The summed E-state index contributed by atoms with van der Waals surface area (Å²) in [5, 5.41) is 18.5. The van der Waals surface area contributed by atoms with Crippen LogP contribution in [0.5, 0.6) is 0 Å². The van der Waals surface area contributed by atoms with Crippen LogP contribution in [0.1, 0.15) is 22.3 Å². The number of amides is 1. The Bertz CT molecular complexity index is 468. The number of benzene rings is 1. The lowest BCUT2D eigenvalue weighted by atomic mass is 10.1. The largest absolute Gasteiger partial charge is 0.480 e. The van der Waals surface area contributed by atoms with Gasteiger partial charge in [-0.2, -0.15) is 0 Å². The van der Waals surface area contributed by atoms with E-state index in [0.717, 1.165) is 5.56 Å². The molecule has 5 heteroatoms. The Labute approximate surface area is 105 Å². The molecule has 2 unspecified atom stereocenters. The lowest BCUT2D eigenvalue weighted by Crippen LogP contribution is -2.40. The van der Waals surface area contributed by atoms with Crippen molar-refractivity contribution in [2.75, 3.05) is 6.54 Å². The van der Waals surface area contributed by atoms with Crippen molar-refractivity contribution in [3.63, 3.8) is 0 Å². The SMILES string of the molecule is Cc1ccc(C(=O)N2CC(O)CC2C(=O)O)cc1. The summed E-state index contributed by atoms with van der Waals surface area (Å²) in [6.07, 6.45) is -0.673. The number of carbonyl (C=O) groups excluding carboxylic acids is 1. The second kappa shape index (κ2) is 4.78. The lowest BCUT2D eigenvalue weighted by molar-refractivity contribution is -0.141. The van der Waals surface area contributed by atoms with Crippen LogP contribution in [-0.4, -0.2) is 45.7 Å². The van der Waals surface area contributed by atoms with Gasteiger partial charge in [0.15, 0.2) is 0 Å². The molecule has 1 saturated heterocycles. The number of aliphatic hydroxyl groups is 1. The molecule has 2 rings (SSSR count). The maximum Gasteiger partial charge on any atom is 0.326 e. The van der Waals surface area contributed by atoms with Crippen LogP contribution in [0.25, 0.3) is 0 Å². The first-order chi connectivity index (χ1) is 8.49. The van der Waals surface area contributed by atoms with E-state index in [1.165, 1.54) is 4.90 Å². The van der Waals surface area contributed by atoms with Crippen molar-refractivity contribution in [2.45, 2.75) is 25.5 Å². The summed E-state index contributed by atoms with van der Waals surface area (Å²) in [6.45, 7) is 1.98. The number of carboxylic acids is 1. The molecule has 1 aromatic carbocycles. The van der Waals surface area contributed by atoms with Crippen molar-refractivity contribution in [1.29, 1.82) is 0 Å². The summed E-state index contributed by atoms with van der Waals surface area (Å²) in [5.74, 6) is -1.43. The molecular formula is C13H15NO4. The maximum atomic E-state index is 12.2. The molecule has 1 amide bonds. The number of rotatable bonds is 2. The number of aryl methyl sites for hydroxylation is 1. The molecule has 0 radical (unpaired) electrons. The first kappa shape index (κ1) is 12.6. The van der Waals surface area contributed by atoms with E-state index in [2.05, 4.69) is 0 Å². The molecule has 1 fully saturated rings. The number of likely N-dealkylation sites (tertiary alicyclic amines) is 1. The van der Waals surface area contributed by atoms with Crippen LogP contribution < -0.4 is 0 Å². The second-order valence-electron chi connectivity index (χ2n) is 4.57. The third kappa shape index (κ3) is 2.36. The maximum absolute atomic E-state index is 12.2. The number of aliphatic hydroxyl groups excluding tert-OH is 1. The molecule has 0 aromatic heterocycles. The van der Waals surface area contributed by atoms with Gasteiger partial charge in [0.2, 0.25) is 0 Å². The third-order valence-electron chi connectivity index (χ3n) is 3.12. The summed E-state index contributed by atoms with van der Waals surface area (Å²) < 4.78 is 0. The van der Waals surface area contributed by atoms with Crippen molar-refractivity contribution in [1.82, 2.24) is 4.90 Å². The zero-order chi connectivity index (χ0) is 13.3. The highest BCUT2D eigenvalue weighted by Crippen LogP contribution is 2.21. The Hall–Kier alpha value is -1.88. The Morgan fingerprint density at radius 1 is 1.28 bits per heavy atom. The van der Waals surface area contributed by atoms with Gasteiger partial charge in [-0.15, -0.1) is 0 Å². The van der Waals surface area contributed by atoms with E-state index in [1.807, 2.05) is 6.92 Å². The van der Waals surface area contributed by atoms with Crippen molar-refractivity contribution in [3.05, 3.63) is 35.4 Å². The summed E-state index contributed by atoms with van der Waals surface area (Å²) in [7, 11) is 0. The fourth-order valence-electron chi connectivity index (χ4n) is 2.13. The van der Waals surface area contributed by atoms with Crippen LogP contribution in [0.15, 0.2) is 24.3 Å². The summed E-state index contributed by atoms with van der Waals surface area (Å²) in [6, 6.07) is 6.00. The second-order valence-corrected chi connectivity index (χ2v) is 4.57. The van der Waals surface area contributed by atoms with Crippen LogP contribution in [-0.2, 0) is 4.79 Å². The highest BCUT2D eigenvalue weighted by molar-refractivity contribution is 5.97. The van der Waals surface area contributed by atoms with Crippen molar-refractivity contribution in [2.24, 2.45) is 0 Å². The Kier molecular flexibility index (Phi) is 3.34. The van der Waals surface area contributed by atoms with Gasteiger partial charge in [0.25, 0.3) is 5.91 Å². The van der Waals surface area contributed by atoms with E-state index in [4.69, 9.17) is 5.11 Å². The number of nitrogens with zero attached hydrogens (tertiary/aromatic N) is 1. The normalized spacial score (nSPS) is 23.1. The molecule has 18 heavy (non-hydrogen) atoms. The number of carboxylic acid groups (broad SMARTS) is 1. The van der Waals surface area contributed by atoms with Gasteiger partial charge in [-0.1, -0.05) is 17.7 Å². The van der Waals surface area contributed by atoms with Crippen LogP contribution in [0.4, 0.5) is 0 Å². The zero-order valence-corrected chi connectivity index (χ0v) is 10.0. The molecule has 2 N–H and O–H groups in total. The minimum absolute atomic E-state index is 0.0731. The first-order valence-electron chi connectivity index (χ1n) is 5.77. The predicted molar refractivity (Wildman–Crippen MR) is 64.3 cm³/mol. The van der Waals surface area contributed by atoms with Crippen molar-refractivity contribution < 1.29 is 19.8 Å². The number of hydrogen-bond donors (Lipinski definition) is 2. The highest BCUT2D eigenvalue weighted by Gasteiger charge is 2.39. The van der Waals surface area contributed by atoms with Gasteiger partial charge in [-0.05, 0) is 19.1 Å². The molecule has 5 nitrogen and oxygen atoms in total. The zero-order valence-electron chi connectivity index (χ0n) is 10.0. The quantitative estimate of drug-likeness (QED) is 0.807. The average molecular weight is 249 g/mol. The molecule has 96 valence electrons. The fourth-order valence-corrected chi connectivity index (χ4v) is 2.13. The van der Waals surface area contributed by atoms with Crippen LogP contribution in [0.3, 0.4) is 0 Å². The first-order valence-corrected chi connectivity index (χ1v) is 5.77. The average Bonchev–Trinajstić information content (AvgIpc) is 2.71. The van der Waals surface area contributed by atoms with Crippen LogP contribution in [0.2, 0.25) is 0 Å². The van der Waals surface area contributed by atoms with E-state index >= 15 is 0 Å². The Morgan fingerprint density at radius 3 is 2.44 bits per heavy atom. The summed E-state index contributed by atoms with van der Waals surface area (Å²) in [5.41, 5.74) is 1.48. The number of β-amino-alcohol motifs (C(OH)–C–C–N with tert-alkyl or cyclic N) is 1. The minimum atomic E-state index is -1.08. The van der Waals surface area contributed by atoms with E-state index in [1.54, 1.807) is 24.3 Å². The van der Waals surface area contributed by atoms with Gasteiger partial charge in [0.1, 0.15) is 6.04 Å². The molecule has 2 atom stereocenters. The van der Waals surface area contributed by atoms with Gasteiger partial charge in [0.05, 0.1) is 6.10 Å². The summed E-state index contributed by atoms with van der Waals surface area (Å²) in [4.78, 5) is 24.4. The molecule has 0 bridgehead atoms. The number of carbonyl (C=O) groups is 2. The van der Waals surface area contributed by atoms with E-state index < -0.39 is 18.1 Å². The third-order valence-corrected chi connectivity index (χ3v) is 3.12. The molecule has 1 aromatic rings. The molecular weight excluding hydrogens is 234 g/mol. The van der Waals surface area contributed by atoms with Gasteiger partial charge in [-0.25, -0.2) is 4.79 Å². The lowest BCUT2D eigenvalue weighted by Gasteiger charge is -2.21. The van der Waals surface area contributed by atoms with E-state index in [9.17, 15) is 14.7 Å².